The van der Waals surface area contributed by atoms with Gasteiger partial charge in [-0.3, -0.25) is 4.68 Å². The molecule has 1 unspecified atom stereocenters. The molecule has 126 valence electrons. The van der Waals surface area contributed by atoms with Crippen LogP contribution in [-0.4, -0.2) is 38.9 Å². The lowest BCUT2D eigenvalue weighted by Crippen LogP contribution is -2.43. The Morgan fingerprint density at radius 3 is 2.96 bits per heavy atom. The van der Waals surface area contributed by atoms with Crippen molar-refractivity contribution in [1.82, 2.24) is 19.7 Å². The lowest BCUT2D eigenvalue weighted by Gasteiger charge is -2.34. The second kappa shape index (κ2) is 6.05. The minimum absolute atomic E-state index is 0.381. The molecule has 1 fully saturated rings. The molecule has 4 heterocycles. The summed E-state index contributed by atoms with van der Waals surface area (Å²) in [6.07, 6.45) is 3.98. The Morgan fingerprint density at radius 2 is 2.17 bits per heavy atom. The quantitative estimate of drug-likeness (QED) is 0.792. The Kier molecular flexibility index (Phi) is 3.88. The number of nitrogens with zero attached hydrogens (tertiary/aromatic N) is 5. The predicted octanol–water partition coefficient (Wildman–Crippen LogP) is 3.12. The third-order valence-electron chi connectivity index (χ3n) is 4.62. The van der Waals surface area contributed by atoms with E-state index in [9.17, 15) is 0 Å². The summed E-state index contributed by atoms with van der Waals surface area (Å²) in [5, 5.41) is 11.4. The fourth-order valence-corrected chi connectivity index (χ4v) is 4.41. The molecule has 6 nitrogen and oxygen atoms in total. The van der Waals surface area contributed by atoms with Gasteiger partial charge in [0.05, 0.1) is 11.1 Å². The molecule has 4 rings (SSSR count). The van der Waals surface area contributed by atoms with Crippen LogP contribution in [0.15, 0.2) is 17.8 Å². The van der Waals surface area contributed by atoms with Gasteiger partial charge in [0, 0.05) is 32.2 Å². The molecule has 0 spiro atoms. The zero-order chi connectivity index (χ0) is 16.7. The van der Waals surface area contributed by atoms with Crippen LogP contribution >= 0.6 is 11.3 Å². The maximum Gasteiger partial charge on any atom is 0.138 e. The van der Waals surface area contributed by atoms with Gasteiger partial charge in [0.25, 0.3) is 0 Å². The monoisotopic (exact) mass is 342 g/mol. The van der Waals surface area contributed by atoms with Gasteiger partial charge in [-0.1, -0.05) is 0 Å². The normalized spacial score (nSPS) is 18.3. The van der Waals surface area contributed by atoms with Crippen LogP contribution in [0.5, 0.6) is 0 Å². The number of thiophene rings is 1. The average molecular weight is 342 g/mol. The predicted molar refractivity (Wildman–Crippen MR) is 99.0 cm³/mol. The van der Waals surface area contributed by atoms with Crippen LogP contribution in [0, 0.1) is 13.8 Å². The molecule has 1 N–H and O–H groups in total. The fraction of sp³-hybridized carbons (Fsp3) is 0.471. The molecule has 0 saturated carbocycles. The van der Waals surface area contributed by atoms with E-state index in [0.717, 1.165) is 41.2 Å². The standard InChI is InChI=1S/C17H22N6S/c1-11-9-24-17-15(11)16(18-10-19-17)20-13-5-4-6-23(8-13)14-7-12(2)21-22(14)3/h7,9-10,13H,4-6,8H2,1-3H3,(H,18,19,20). The number of rotatable bonds is 3. The van der Waals surface area contributed by atoms with Gasteiger partial charge >= 0.3 is 0 Å². The lowest BCUT2D eigenvalue weighted by atomic mass is 10.1. The van der Waals surface area contributed by atoms with Crippen molar-refractivity contribution in [3.8, 4) is 0 Å². The van der Waals surface area contributed by atoms with Crippen molar-refractivity contribution in [3.05, 3.63) is 29.0 Å². The molecule has 1 aliphatic rings. The Morgan fingerprint density at radius 1 is 1.29 bits per heavy atom. The molecular formula is C17H22N6S. The summed E-state index contributed by atoms with van der Waals surface area (Å²) in [5.41, 5.74) is 2.31. The van der Waals surface area contributed by atoms with Crippen LogP contribution in [0.2, 0.25) is 0 Å². The molecule has 0 amide bonds. The van der Waals surface area contributed by atoms with Crippen molar-refractivity contribution in [3.63, 3.8) is 0 Å². The summed E-state index contributed by atoms with van der Waals surface area (Å²) in [6.45, 7) is 6.21. The zero-order valence-corrected chi connectivity index (χ0v) is 15.1. The van der Waals surface area contributed by atoms with E-state index < -0.39 is 0 Å². The van der Waals surface area contributed by atoms with Gasteiger partial charge in [-0.15, -0.1) is 11.3 Å². The second-order valence-electron chi connectivity index (χ2n) is 6.52. The van der Waals surface area contributed by atoms with E-state index in [1.807, 2.05) is 18.7 Å². The van der Waals surface area contributed by atoms with Gasteiger partial charge in [-0.2, -0.15) is 5.10 Å². The SMILES string of the molecule is Cc1cc(N2CCCC(Nc3ncnc4scc(C)c34)C2)n(C)n1. The van der Waals surface area contributed by atoms with Crippen LogP contribution < -0.4 is 10.2 Å². The number of hydrogen-bond acceptors (Lipinski definition) is 6. The molecule has 1 atom stereocenters. The number of fused-ring (bicyclic) bond motifs is 1. The average Bonchev–Trinajstić information content (AvgIpc) is 3.11. The molecule has 0 bridgehead atoms. The highest BCUT2D eigenvalue weighted by atomic mass is 32.1. The van der Waals surface area contributed by atoms with Crippen LogP contribution in [0.1, 0.15) is 24.1 Å². The molecule has 0 aliphatic carbocycles. The first-order chi connectivity index (χ1) is 11.6. The summed E-state index contributed by atoms with van der Waals surface area (Å²) in [5.74, 6) is 2.16. The fourth-order valence-electron chi connectivity index (χ4n) is 3.52. The highest BCUT2D eigenvalue weighted by Crippen LogP contribution is 2.30. The first-order valence-electron chi connectivity index (χ1n) is 8.33. The summed E-state index contributed by atoms with van der Waals surface area (Å²) >= 11 is 1.68. The van der Waals surface area contributed by atoms with E-state index in [1.54, 1.807) is 17.7 Å². The maximum atomic E-state index is 4.50. The van der Waals surface area contributed by atoms with E-state index in [4.69, 9.17) is 0 Å². The minimum Gasteiger partial charge on any atom is -0.365 e. The summed E-state index contributed by atoms with van der Waals surface area (Å²) in [4.78, 5) is 12.4. The third-order valence-corrected chi connectivity index (χ3v) is 5.62. The Bertz CT molecular complexity index is 867. The van der Waals surface area contributed by atoms with Gasteiger partial charge in [-0.05, 0) is 37.6 Å². The second-order valence-corrected chi connectivity index (χ2v) is 7.38. The van der Waals surface area contributed by atoms with E-state index >= 15 is 0 Å². The van der Waals surface area contributed by atoms with E-state index in [-0.39, 0.29) is 0 Å². The largest absolute Gasteiger partial charge is 0.365 e. The van der Waals surface area contributed by atoms with Gasteiger partial charge in [0.2, 0.25) is 0 Å². The van der Waals surface area contributed by atoms with Crippen molar-refractivity contribution in [1.29, 1.82) is 0 Å². The molecule has 3 aromatic heterocycles. The number of hydrogen-bond donors (Lipinski definition) is 1. The molecule has 24 heavy (non-hydrogen) atoms. The molecule has 3 aromatic rings. The highest BCUT2D eigenvalue weighted by molar-refractivity contribution is 7.17. The molecule has 1 aliphatic heterocycles. The van der Waals surface area contributed by atoms with Crippen molar-refractivity contribution >= 4 is 33.2 Å². The first kappa shape index (κ1) is 15.4. The number of aryl methyl sites for hydroxylation is 3. The van der Waals surface area contributed by atoms with Crippen molar-refractivity contribution in [2.45, 2.75) is 32.7 Å². The van der Waals surface area contributed by atoms with Gasteiger partial charge < -0.3 is 10.2 Å². The van der Waals surface area contributed by atoms with Gasteiger partial charge in [-0.25, -0.2) is 9.97 Å². The van der Waals surface area contributed by atoms with E-state index in [1.165, 1.54) is 17.8 Å². The minimum atomic E-state index is 0.381. The zero-order valence-electron chi connectivity index (χ0n) is 14.3. The third kappa shape index (κ3) is 2.73. The van der Waals surface area contributed by atoms with Crippen LogP contribution in [0.4, 0.5) is 11.6 Å². The number of aromatic nitrogens is 4. The summed E-state index contributed by atoms with van der Waals surface area (Å²) in [6, 6.07) is 2.54. The smallest absolute Gasteiger partial charge is 0.138 e. The Balaban J connectivity index is 1.56. The maximum absolute atomic E-state index is 4.50. The van der Waals surface area contributed by atoms with Gasteiger partial charge in [0.1, 0.15) is 22.8 Å². The topological polar surface area (TPSA) is 58.9 Å². The van der Waals surface area contributed by atoms with Crippen LogP contribution in [-0.2, 0) is 7.05 Å². The first-order valence-corrected chi connectivity index (χ1v) is 9.20. The molecule has 0 radical (unpaired) electrons. The van der Waals surface area contributed by atoms with E-state index in [0.29, 0.717) is 6.04 Å². The summed E-state index contributed by atoms with van der Waals surface area (Å²) < 4.78 is 1.98. The summed E-state index contributed by atoms with van der Waals surface area (Å²) in [7, 11) is 2.02. The van der Waals surface area contributed by atoms with Crippen molar-refractivity contribution in [2.75, 3.05) is 23.3 Å². The number of nitrogens with one attached hydrogen (secondary N) is 1. The van der Waals surface area contributed by atoms with E-state index in [2.05, 4.69) is 43.7 Å². The lowest BCUT2D eigenvalue weighted by molar-refractivity contribution is 0.518. The Hall–Kier alpha value is -2.15. The van der Waals surface area contributed by atoms with Crippen molar-refractivity contribution < 1.29 is 0 Å². The van der Waals surface area contributed by atoms with Crippen LogP contribution in [0.3, 0.4) is 0 Å². The molecule has 1 saturated heterocycles. The molecular weight excluding hydrogens is 320 g/mol. The Labute approximate surface area is 145 Å². The molecule has 0 aromatic carbocycles. The highest BCUT2D eigenvalue weighted by Gasteiger charge is 2.23. The van der Waals surface area contributed by atoms with Gasteiger partial charge in [0.15, 0.2) is 0 Å². The molecule has 7 heteroatoms. The van der Waals surface area contributed by atoms with Crippen molar-refractivity contribution in [2.24, 2.45) is 7.05 Å². The number of piperidine rings is 1. The van der Waals surface area contributed by atoms with Crippen LogP contribution in [0.25, 0.3) is 10.2 Å². The number of anilines is 2.